The molecule has 0 bridgehead atoms. The van der Waals surface area contributed by atoms with Crippen LogP contribution < -0.4 is 19.7 Å². The summed E-state index contributed by atoms with van der Waals surface area (Å²) in [6, 6.07) is 4.53. The molecule has 3 aromatic rings. The first-order valence-electron chi connectivity index (χ1n) is 12.8. The maximum atomic E-state index is 6.53. The standard InChI is InChI=1S/C26H32N6O4/c1-3-21(4-2-19(1)31-26-29-13-22(14-30-26)35-17-18-15-34-16-18)36-24-12-20(32-7-9-33-10-8-32)11-23-25(24)28-6-5-27-23/h5-6,11-14,18-19,21H,1-4,7-10,15-17H2,(H,29,30,31)/t19-,21+. The lowest BCUT2D eigenvalue weighted by Gasteiger charge is -2.31. The number of nitrogens with zero attached hydrogens (tertiary/aromatic N) is 5. The second kappa shape index (κ2) is 10.8. The first-order chi connectivity index (χ1) is 17.8. The summed E-state index contributed by atoms with van der Waals surface area (Å²) in [5.74, 6) is 2.62. The zero-order valence-electron chi connectivity index (χ0n) is 20.3. The van der Waals surface area contributed by atoms with Gasteiger partial charge in [-0.05, 0) is 31.7 Å². The van der Waals surface area contributed by atoms with Crippen LogP contribution in [0, 0.1) is 5.92 Å². The molecule has 36 heavy (non-hydrogen) atoms. The number of hydrogen-bond donors (Lipinski definition) is 1. The Bertz CT molecular complexity index is 1140. The minimum Gasteiger partial charge on any atom is -0.490 e. The minimum atomic E-state index is 0.139. The average molecular weight is 493 g/mol. The average Bonchev–Trinajstić information content (AvgIpc) is 2.90. The molecule has 3 aliphatic rings. The molecule has 2 saturated heterocycles. The molecule has 2 aromatic heterocycles. The van der Waals surface area contributed by atoms with Crippen LogP contribution in [-0.4, -0.2) is 78.2 Å². The van der Waals surface area contributed by atoms with E-state index in [0.29, 0.717) is 30.3 Å². The lowest BCUT2D eigenvalue weighted by Crippen LogP contribution is -2.36. The molecule has 1 aliphatic carbocycles. The second-order valence-electron chi connectivity index (χ2n) is 9.66. The molecule has 190 valence electrons. The van der Waals surface area contributed by atoms with E-state index in [2.05, 4.69) is 42.3 Å². The van der Waals surface area contributed by atoms with Gasteiger partial charge < -0.3 is 29.2 Å². The van der Waals surface area contributed by atoms with Crippen LogP contribution in [0.3, 0.4) is 0 Å². The zero-order chi connectivity index (χ0) is 24.2. The molecule has 10 heteroatoms. The van der Waals surface area contributed by atoms with E-state index in [-0.39, 0.29) is 6.10 Å². The largest absolute Gasteiger partial charge is 0.490 e. The Balaban J connectivity index is 1.05. The van der Waals surface area contributed by atoms with Crippen molar-refractivity contribution >= 4 is 22.7 Å². The Hall–Kier alpha value is -3.24. The summed E-state index contributed by atoms with van der Waals surface area (Å²) in [6.07, 6.45) is 10.9. The quantitative estimate of drug-likeness (QED) is 0.504. The van der Waals surface area contributed by atoms with E-state index in [1.165, 1.54) is 0 Å². The minimum absolute atomic E-state index is 0.139. The highest BCUT2D eigenvalue weighted by atomic mass is 16.5. The number of rotatable bonds is 8. The molecule has 3 fully saturated rings. The maximum Gasteiger partial charge on any atom is 0.223 e. The fraction of sp³-hybridized carbons (Fsp3) is 0.538. The van der Waals surface area contributed by atoms with Gasteiger partial charge in [-0.15, -0.1) is 0 Å². The van der Waals surface area contributed by atoms with Gasteiger partial charge in [-0.2, -0.15) is 0 Å². The fourth-order valence-corrected chi connectivity index (χ4v) is 4.87. The number of hydrogen-bond acceptors (Lipinski definition) is 10. The topological polar surface area (TPSA) is 104 Å². The fourth-order valence-electron chi connectivity index (χ4n) is 4.87. The van der Waals surface area contributed by atoms with Gasteiger partial charge in [-0.25, -0.2) is 15.0 Å². The molecule has 1 saturated carbocycles. The summed E-state index contributed by atoms with van der Waals surface area (Å²) >= 11 is 0. The van der Waals surface area contributed by atoms with Crippen molar-refractivity contribution in [2.24, 2.45) is 5.92 Å². The van der Waals surface area contributed by atoms with E-state index in [9.17, 15) is 0 Å². The summed E-state index contributed by atoms with van der Waals surface area (Å²) in [4.78, 5) is 20.3. The van der Waals surface area contributed by atoms with Crippen molar-refractivity contribution in [3.63, 3.8) is 0 Å². The normalized spacial score (nSPS) is 22.7. The molecule has 0 amide bonds. The van der Waals surface area contributed by atoms with Gasteiger partial charge in [0.1, 0.15) is 11.3 Å². The number of benzene rings is 1. The van der Waals surface area contributed by atoms with Crippen LogP contribution in [-0.2, 0) is 9.47 Å². The van der Waals surface area contributed by atoms with E-state index < -0.39 is 0 Å². The second-order valence-corrected chi connectivity index (χ2v) is 9.66. The van der Waals surface area contributed by atoms with Crippen LogP contribution in [0.5, 0.6) is 11.5 Å². The van der Waals surface area contributed by atoms with Crippen molar-refractivity contribution in [2.45, 2.75) is 37.8 Å². The van der Waals surface area contributed by atoms with Crippen molar-refractivity contribution in [3.05, 3.63) is 36.9 Å². The molecule has 0 atom stereocenters. The van der Waals surface area contributed by atoms with Gasteiger partial charge in [-0.3, -0.25) is 4.98 Å². The highest BCUT2D eigenvalue weighted by Crippen LogP contribution is 2.33. The van der Waals surface area contributed by atoms with Crippen molar-refractivity contribution < 1.29 is 18.9 Å². The van der Waals surface area contributed by atoms with E-state index in [1.54, 1.807) is 24.8 Å². The number of ether oxygens (including phenoxy) is 4. The summed E-state index contributed by atoms with van der Waals surface area (Å²) < 4.78 is 23.0. The molecule has 0 spiro atoms. The van der Waals surface area contributed by atoms with E-state index in [1.807, 2.05) is 0 Å². The number of fused-ring (bicyclic) bond motifs is 1. The van der Waals surface area contributed by atoms with Gasteiger partial charge in [0.05, 0.1) is 57.0 Å². The summed E-state index contributed by atoms with van der Waals surface area (Å²) in [5.41, 5.74) is 2.79. The molecule has 1 aromatic carbocycles. The van der Waals surface area contributed by atoms with Gasteiger partial charge in [-0.1, -0.05) is 0 Å². The molecule has 0 radical (unpaired) electrons. The van der Waals surface area contributed by atoms with Crippen molar-refractivity contribution in [1.29, 1.82) is 0 Å². The number of aromatic nitrogens is 4. The predicted octanol–water partition coefficient (Wildman–Crippen LogP) is 3.08. The Morgan fingerprint density at radius 3 is 2.44 bits per heavy atom. The smallest absolute Gasteiger partial charge is 0.223 e. The van der Waals surface area contributed by atoms with E-state index in [4.69, 9.17) is 18.9 Å². The van der Waals surface area contributed by atoms with Gasteiger partial charge >= 0.3 is 0 Å². The summed E-state index contributed by atoms with van der Waals surface area (Å²) in [6.45, 7) is 5.41. The van der Waals surface area contributed by atoms with Crippen LogP contribution in [0.25, 0.3) is 11.0 Å². The molecule has 6 rings (SSSR count). The summed E-state index contributed by atoms with van der Waals surface area (Å²) in [7, 11) is 0. The molecule has 4 heterocycles. The third kappa shape index (κ3) is 5.44. The molecule has 0 unspecified atom stereocenters. The first kappa shape index (κ1) is 23.2. The van der Waals surface area contributed by atoms with Crippen LogP contribution in [0.1, 0.15) is 25.7 Å². The molecule has 10 nitrogen and oxygen atoms in total. The molecular weight excluding hydrogens is 460 g/mol. The molecular formula is C26H32N6O4. The van der Waals surface area contributed by atoms with Gasteiger partial charge in [0.2, 0.25) is 5.95 Å². The van der Waals surface area contributed by atoms with Crippen LogP contribution in [0.2, 0.25) is 0 Å². The van der Waals surface area contributed by atoms with Crippen molar-refractivity contribution in [3.8, 4) is 11.5 Å². The van der Waals surface area contributed by atoms with Crippen LogP contribution in [0.4, 0.5) is 11.6 Å². The van der Waals surface area contributed by atoms with E-state index >= 15 is 0 Å². The van der Waals surface area contributed by atoms with Gasteiger partial charge in [0, 0.05) is 49.2 Å². The van der Waals surface area contributed by atoms with E-state index in [0.717, 1.165) is 87.7 Å². The Morgan fingerprint density at radius 1 is 0.917 bits per heavy atom. The Kier molecular flexibility index (Phi) is 6.95. The molecule has 1 N–H and O–H groups in total. The zero-order valence-corrected chi connectivity index (χ0v) is 20.3. The van der Waals surface area contributed by atoms with Gasteiger partial charge in [0.15, 0.2) is 5.75 Å². The highest BCUT2D eigenvalue weighted by molar-refractivity contribution is 5.85. The summed E-state index contributed by atoms with van der Waals surface area (Å²) in [5, 5.41) is 3.47. The third-order valence-electron chi connectivity index (χ3n) is 7.02. The number of anilines is 2. The predicted molar refractivity (Wildman–Crippen MR) is 135 cm³/mol. The number of morpholine rings is 1. The first-order valence-corrected chi connectivity index (χ1v) is 12.8. The Morgan fingerprint density at radius 2 is 1.69 bits per heavy atom. The maximum absolute atomic E-state index is 6.53. The SMILES string of the molecule is c1cnc2c(O[C@H]3CC[C@@H](Nc4ncc(OCC5COC5)cn4)CC3)cc(N3CCOCC3)cc2n1. The monoisotopic (exact) mass is 492 g/mol. The number of nitrogens with one attached hydrogen (secondary N) is 1. The van der Waals surface area contributed by atoms with Crippen LogP contribution in [0.15, 0.2) is 36.9 Å². The van der Waals surface area contributed by atoms with Crippen molar-refractivity contribution in [2.75, 3.05) is 56.3 Å². The highest BCUT2D eigenvalue weighted by Gasteiger charge is 2.25. The lowest BCUT2D eigenvalue weighted by molar-refractivity contribution is -0.0509. The van der Waals surface area contributed by atoms with Crippen LogP contribution >= 0.6 is 0 Å². The van der Waals surface area contributed by atoms with Crippen molar-refractivity contribution in [1.82, 2.24) is 19.9 Å². The molecule has 2 aliphatic heterocycles. The Labute approximate surface area is 210 Å². The van der Waals surface area contributed by atoms with Gasteiger partial charge in [0.25, 0.3) is 0 Å². The third-order valence-corrected chi connectivity index (χ3v) is 7.02. The lowest BCUT2D eigenvalue weighted by atomic mass is 9.93.